The number of carbonyl (C=O) groups excluding carboxylic acids is 1. The molecule has 0 aromatic heterocycles. The molecule has 0 aromatic rings. The van der Waals surface area contributed by atoms with Crippen molar-refractivity contribution < 1.29 is 18.7 Å². The molecule has 1 aliphatic heterocycles. The van der Waals surface area contributed by atoms with Gasteiger partial charge in [-0.15, -0.1) is 0 Å². The molecule has 0 amide bonds. The van der Waals surface area contributed by atoms with Crippen LogP contribution < -0.4 is 0 Å². The summed E-state index contributed by atoms with van der Waals surface area (Å²) in [4.78, 5) is 15.0. The van der Waals surface area contributed by atoms with Gasteiger partial charge >= 0.3 is 0 Å². The molecule has 0 unspecified atom stereocenters. The number of azide groups is 1. The van der Waals surface area contributed by atoms with Gasteiger partial charge in [0.25, 0.3) is 0 Å². The van der Waals surface area contributed by atoms with Gasteiger partial charge in [-0.1, -0.05) is 25.9 Å². The predicted molar refractivity (Wildman–Crippen MR) is 81.4 cm³/mol. The number of rotatable bonds is 4. The van der Waals surface area contributed by atoms with Gasteiger partial charge in [0.15, 0.2) is 14.1 Å². The summed E-state index contributed by atoms with van der Waals surface area (Å²) in [6.45, 7) is 12.3. The zero-order valence-electron chi connectivity index (χ0n) is 13.8. The van der Waals surface area contributed by atoms with E-state index in [-0.39, 0.29) is 5.04 Å². The molecule has 0 N–H and O–H groups in total. The van der Waals surface area contributed by atoms with Gasteiger partial charge in [0.1, 0.15) is 6.04 Å². The van der Waals surface area contributed by atoms with E-state index in [9.17, 15) is 4.79 Å². The summed E-state index contributed by atoms with van der Waals surface area (Å²) in [6.07, 6.45) is -1.98. The van der Waals surface area contributed by atoms with Gasteiger partial charge in [-0.2, -0.15) is 0 Å². The number of Topliss-reactive ketones (excluding diaryl/α,β-unsaturated/α-hetero) is 1. The molecule has 1 heterocycles. The molecule has 0 radical (unpaired) electrons. The molecule has 0 saturated carbocycles. The molecule has 4 atom stereocenters. The lowest BCUT2D eigenvalue weighted by molar-refractivity contribution is -0.205. The van der Waals surface area contributed by atoms with E-state index in [1.807, 2.05) is 0 Å². The molecular formula is C13H25N3O4Si. The highest BCUT2D eigenvalue weighted by molar-refractivity contribution is 6.74. The fourth-order valence-corrected chi connectivity index (χ4v) is 3.28. The van der Waals surface area contributed by atoms with Gasteiger partial charge in [0.2, 0.25) is 6.29 Å². The van der Waals surface area contributed by atoms with Crippen molar-refractivity contribution in [2.45, 2.75) is 70.4 Å². The topological polar surface area (TPSA) is 93.5 Å². The number of ether oxygens (including phenoxy) is 2. The van der Waals surface area contributed by atoms with E-state index >= 15 is 0 Å². The first kappa shape index (κ1) is 18.1. The smallest absolute Gasteiger partial charge is 0.218 e. The van der Waals surface area contributed by atoms with E-state index in [1.165, 1.54) is 7.11 Å². The van der Waals surface area contributed by atoms with Crippen LogP contribution in [0.3, 0.4) is 0 Å². The van der Waals surface area contributed by atoms with Gasteiger partial charge in [0.05, 0.1) is 12.2 Å². The molecule has 0 spiro atoms. The Labute approximate surface area is 126 Å². The van der Waals surface area contributed by atoms with Crippen LogP contribution in [-0.2, 0) is 18.7 Å². The number of ketones is 1. The van der Waals surface area contributed by atoms with Gasteiger partial charge in [-0.05, 0) is 30.6 Å². The highest BCUT2D eigenvalue weighted by atomic mass is 28.4. The fourth-order valence-electron chi connectivity index (χ4n) is 1.92. The normalized spacial score (nSPS) is 30.9. The quantitative estimate of drug-likeness (QED) is 0.345. The molecule has 7 nitrogen and oxygen atoms in total. The van der Waals surface area contributed by atoms with E-state index in [0.29, 0.717) is 0 Å². The summed E-state index contributed by atoms with van der Waals surface area (Å²) in [5.41, 5.74) is 8.74. The third kappa shape index (κ3) is 3.84. The third-order valence-electron chi connectivity index (χ3n) is 4.26. The highest BCUT2D eigenvalue weighted by Crippen LogP contribution is 2.39. The Kier molecular flexibility index (Phi) is 5.57. The van der Waals surface area contributed by atoms with Crippen molar-refractivity contribution in [3.05, 3.63) is 10.4 Å². The number of nitrogens with zero attached hydrogens (tertiary/aromatic N) is 3. The maximum absolute atomic E-state index is 12.3. The second-order valence-corrected chi connectivity index (χ2v) is 11.6. The Balaban J connectivity index is 3.08. The first-order valence-corrected chi connectivity index (χ1v) is 9.90. The summed E-state index contributed by atoms with van der Waals surface area (Å²) >= 11 is 0. The average molecular weight is 315 g/mol. The van der Waals surface area contributed by atoms with Gasteiger partial charge in [0, 0.05) is 12.0 Å². The molecular weight excluding hydrogens is 290 g/mol. The molecule has 0 aromatic carbocycles. The molecule has 21 heavy (non-hydrogen) atoms. The van der Waals surface area contributed by atoms with Crippen LogP contribution in [-0.4, -0.2) is 45.8 Å². The highest BCUT2D eigenvalue weighted by Gasteiger charge is 2.48. The van der Waals surface area contributed by atoms with Crippen LogP contribution in [0.25, 0.3) is 10.4 Å². The Morgan fingerprint density at radius 1 is 1.38 bits per heavy atom. The largest absolute Gasteiger partial charge is 0.410 e. The van der Waals surface area contributed by atoms with Crippen LogP contribution in [0.1, 0.15) is 27.7 Å². The lowest BCUT2D eigenvalue weighted by Gasteiger charge is -2.44. The van der Waals surface area contributed by atoms with Crippen LogP contribution in [0, 0.1) is 0 Å². The second kappa shape index (κ2) is 6.45. The lowest BCUT2D eigenvalue weighted by atomic mass is 9.99. The molecule has 8 heteroatoms. The van der Waals surface area contributed by atoms with Gasteiger partial charge < -0.3 is 13.9 Å². The van der Waals surface area contributed by atoms with Crippen LogP contribution >= 0.6 is 0 Å². The van der Waals surface area contributed by atoms with E-state index in [0.717, 1.165) is 0 Å². The van der Waals surface area contributed by atoms with Crippen LogP contribution in [0.5, 0.6) is 0 Å². The Morgan fingerprint density at radius 3 is 2.38 bits per heavy atom. The zero-order chi connectivity index (χ0) is 16.4. The fraction of sp³-hybridized carbons (Fsp3) is 0.923. The van der Waals surface area contributed by atoms with Gasteiger partial charge in [-0.25, -0.2) is 0 Å². The minimum absolute atomic E-state index is 0.0191. The summed E-state index contributed by atoms with van der Waals surface area (Å²) in [6, 6.07) is -0.919. The number of hydrogen-bond acceptors (Lipinski definition) is 5. The lowest BCUT2D eigenvalue weighted by Crippen LogP contribution is -2.59. The van der Waals surface area contributed by atoms with Crippen LogP contribution in [0.2, 0.25) is 18.1 Å². The first-order chi connectivity index (χ1) is 9.55. The van der Waals surface area contributed by atoms with Crippen LogP contribution in [0.4, 0.5) is 0 Å². The maximum Gasteiger partial charge on any atom is 0.218 e. The van der Waals surface area contributed by atoms with E-state index in [4.69, 9.17) is 19.4 Å². The number of methoxy groups -OCH3 is 1. The van der Waals surface area contributed by atoms with Crippen molar-refractivity contribution in [2.75, 3.05) is 7.11 Å². The van der Waals surface area contributed by atoms with Crippen LogP contribution in [0.15, 0.2) is 5.11 Å². The minimum Gasteiger partial charge on any atom is -0.410 e. The zero-order valence-corrected chi connectivity index (χ0v) is 14.8. The monoisotopic (exact) mass is 315 g/mol. The van der Waals surface area contributed by atoms with Crippen molar-refractivity contribution >= 4 is 14.1 Å². The molecule has 0 aliphatic carbocycles. The van der Waals surface area contributed by atoms with E-state index in [1.54, 1.807) is 6.92 Å². The number of carbonyl (C=O) groups is 1. The Morgan fingerprint density at radius 2 is 1.95 bits per heavy atom. The van der Waals surface area contributed by atoms with E-state index in [2.05, 4.69) is 43.9 Å². The number of hydrogen-bond donors (Lipinski definition) is 0. The summed E-state index contributed by atoms with van der Waals surface area (Å²) in [5, 5.41) is 3.61. The standard InChI is InChI=1S/C13H25N3O4Si/c1-8-11(20-21(6,7)13(2,3)4)9(15-16-14)10(17)12(18-5)19-8/h8-9,11-12H,1-7H3/t8-,9-,11-,12+/m1/s1. The Hall–Kier alpha value is -0.923. The average Bonchev–Trinajstić information content (AvgIpc) is 2.36. The molecule has 1 saturated heterocycles. The van der Waals surface area contributed by atoms with Crippen molar-refractivity contribution in [1.82, 2.24) is 0 Å². The SMILES string of the molecule is CO[C@H]1O[C@H](C)[C@@H](O[Si](C)(C)C(C)(C)C)[C@H](N=[N+]=[N-])C1=O. The maximum atomic E-state index is 12.3. The van der Waals surface area contributed by atoms with Crippen molar-refractivity contribution in [3.8, 4) is 0 Å². The van der Waals surface area contributed by atoms with Gasteiger partial charge in [-0.3, -0.25) is 4.79 Å². The molecule has 0 bridgehead atoms. The summed E-state index contributed by atoms with van der Waals surface area (Å²) in [7, 11) is -0.737. The molecule has 1 rings (SSSR count). The van der Waals surface area contributed by atoms with Crippen molar-refractivity contribution in [3.63, 3.8) is 0 Å². The third-order valence-corrected chi connectivity index (χ3v) is 8.74. The Bertz CT molecular complexity index is 443. The molecule has 1 aliphatic rings. The molecule has 120 valence electrons. The minimum atomic E-state index is -2.12. The van der Waals surface area contributed by atoms with Crippen molar-refractivity contribution in [2.24, 2.45) is 5.11 Å². The predicted octanol–water partition coefficient (Wildman–Crippen LogP) is 3.02. The first-order valence-electron chi connectivity index (χ1n) is 6.99. The molecule has 1 fully saturated rings. The summed E-state index contributed by atoms with van der Waals surface area (Å²) < 4.78 is 16.8. The van der Waals surface area contributed by atoms with Crippen molar-refractivity contribution in [1.29, 1.82) is 0 Å². The second-order valence-electron chi connectivity index (χ2n) is 6.80. The van der Waals surface area contributed by atoms with E-state index < -0.39 is 38.6 Å². The summed E-state index contributed by atoms with van der Waals surface area (Å²) in [5.74, 6) is -0.392.